The van der Waals surface area contributed by atoms with Gasteiger partial charge in [0.15, 0.2) is 5.75 Å². The van der Waals surface area contributed by atoms with Gasteiger partial charge >= 0.3 is 0 Å². The molecule has 0 bridgehead atoms. The molecule has 0 aromatic heterocycles. The molecule has 4 unspecified atom stereocenters. The predicted octanol–water partition coefficient (Wildman–Crippen LogP) is 2.65. The number of nitrogens with one attached hydrogen (secondary N) is 1. The summed E-state index contributed by atoms with van der Waals surface area (Å²) in [4.78, 5) is 38.6. The molecule has 9 heteroatoms. The third kappa shape index (κ3) is 3.52. The molecule has 1 aromatic carbocycles. The van der Waals surface area contributed by atoms with Crippen molar-refractivity contribution in [3.05, 3.63) is 28.4 Å². The number of halogens is 1. The van der Waals surface area contributed by atoms with E-state index in [0.29, 0.717) is 12.1 Å². The largest absolute Gasteiger partial charge is 0.496 e. The Morgan fingerprint density at radius 1 is 1.35 bits per heavy atom. The highest BCUT2D eigenvalue weighted by Crippen LogP contribution is 2.52. The Morgan fingerprint density at radius 2 is 2.00 bits per heavy atom. The zero-order valence-electron chi connectivity index (χ0n) is 18.2. The molecule has 0 radical (unpaired) electrons. The summed E-state index contributed by atoms with van der Waals surface area (Å²) in [6.07, 6.45) is 2.36. The van der Waals surface area contributed by atoms with Crippen LogP contribution in [0.2, 0.25) is 5.02 Å². The minimum atomic E-state index is -1.75. The second-order valence-corrected chi connectivity index (χ2v) is 8.39. The molecule has 4 atom stereocenters. The molecule has 1 aromatic rings. The van der Waals surface area contributed by atoms with E-state index in [4.69, 9.17) is 31.5 Å². The minimum Gasteiger partial charge on any atom is -0.496 e. The number of methoxy groups -OCH3 is 2. The fourth-order valence-electron chi connectivity index (χ4n) is 4.16. The van der Waals surface area contributed by atoms with Crippen molar-refractivity contribution in [2.24, 2.45) is 17.6 Å². The highest BCUT2D eigenvalue weighted by Gasteiger charge is 2.60. The van der Waals surface area contributed by atoms with Crippen LogP contribution in [0.1, 0.15) is 44.0 Å². The number of hydrogen-bond donors (Lipinski definition) is 2. The first-order chi connectivity index (χ1) is 14.6. The number of hydrogen-bond acceptors (Lipinski definition) is 7. The Bertz CT molecular complexity index is 975. The topological polar surface area (TPSA) is 117 Å². The number of allylic oxidation sites excluding steroid dienone is 1. The number of ketones is 2. The molecule has 1 spiro atoms. The van der Waals surface area contributed by atoms with Crippen molar-refractivity contribution in [2.75, 3.05) is 14.2 Å². The minimum absolute atomic E-state index is 0.0242. The number of fused-ring (bicyclic) bond motifs is 1. The van der Waals surface area contributed by atoms with Crippen molar-refractivity contribution < 1.29 is 28.6 Å². The van der Waals surface area contributed by atoms with Gasteiger partial charge < -0.3 is 25.3 Å². The van der Waals surface area contributed by atoms with Crippen molar-refractivity contribution in [2.45, 2.75) is 45.3 Å². The van der Waals surface area contributed by atoms with E-state index in [1.807, 2.05) is 13.8 Å². The highest BCUT2D eigenvalue weighted by atomic mass is 35.5. The summed E-state index contributed by atoms with van der Waals surface area (Å²) in [6.45, 7) is 5.60. The maximum Gasteiger partial charge on any atom is 0.240 e. The number of Topliss-reactive ketones (excluding diaryl/α,β-unsaturated/α-hetero) is 1. The van der Waals surface area contributed by atoms with Crippen LogP contribution in [0.3, 0.4) is 0 Å². The van der Waals surface area contributed by atoms with Crippen LogP contribution < -0.4 is 25.3 Å². The van der Waals surface area contributed by atoms with E-state index in [-0.39, 0.29) is 33.8 Å². The first kappa shape index (κ1) is 22.9. The lowest BCUT2D eigenvalue weighted by atomic mass is 9.74. The van der Waals surface area contributed by atoms with E-state index in [1.165, 1.54) is 26.4 Å². The smallest absolute Gasteiger partial charge is 0.240 e. The summed E-state index contributed by atoms with van der Waals surface area (Å²) in [7, 11) is 2.84. The van der Waals surface area contributed by atoms with Gasteiger partial charge in [-0.15, -0.1) is 0 Å². The van der Waals surface area contributed by atoms with Crippen LogP contribution in [-0.4, -0.2) is 43.3 Å². The van der Waals surface area contributed by atoms with Crippen LogP contribution in [0.25, 0.3) is 0 Å². The average molecular weight is 451 g/mol. The molecule has 3 rings (SSSR count). The van der Waals surface area contributed by atoms with Gasteiger partial charge in [-0.3, -0.25) is 14.4 Å². The van der Waals surface area contributed by atoms with Crippen molar-refractivity contribution in [1.82, 2.24) is 5.32 Å². The Morgan fingerprint density at radius 3 is 2.52 bits per heavy atom. The molecule has 0 fully saturated rings. The van der Waals surface area contributed by atoms with Gasteiger partial charge in [0.2, 0.25) is 23.1 Å². The Hall–Kier alpha value is -2.74. The Labute approximate surface area is 186 Å². The lowest BCUT2D eigenvalue weighted by Gasteiger charge is -2.36. The number of benzene rings is 1. The molecule has 3 N–H and O–H groups in total. The number of ether oxygens (including phenoxy) is 3. The number of nitrogens with two attached hydrogens (primary N) is 1. The van der Waals surface area contributed by atoms with Gasteiger partial charge in [-0.1, -0.05) is 38.8 Å². The SMILES string of the molecule is CCC(C)C(NC1=CC(=O)C2(Oc3c(Cl)c(OC)cc(OC)c3C2=O)C(C)C1)C(N)=O. The summed E-state index contributed by atoms with van der Waals surface area (Å²) < 4.78 is 16.6. The average Bonchev–Trinajstić information content (AvgIpc) is 3.05. The maximum absolute atomic E-state index is 13.5. The standard InChI is InChI=1S/C22H27ClN2O6/c1-6-10(2)18(21(24)28)25-12-7-11(3)22(15(26)8-12)20(27)16-13(29-4)9-14(30-5)17(23)19(16)31-22/h8-11,18,25H,6-7H2,1-5H3,(H2,24,28). The lowest BCUT2D eigenvalue weighted by Crippen LogP contribution is -2.56. The first-order valence-corrected chi connectivity index (χ1v) is 10.5. The lowest BCUT2D eigenvalue weighted by molar-refractivity contribution is -0.129. The summed E-state index contributed by atoms with van der Waals surface area (Å²) in [5.41, 5.74) is 4.44. The van der Waals surface area contributed by atoms with Gasteiger partial charge in [0, 0.05) is 23.8 Å². The molecule has 1 aliphatic heterocycles. The summed E-state index contributed by atoms with van der Waals surface area (Å²) >= 11 is 6.38. The zero-order valence-corrected chi connectivity index (χ0v) is 19.0. The van der Waals surface area contributed by atoms with E-state index < -0.39 is 35.0 Å². The van der Waals surface area contributed by atoms with Gasteiger partial charge in [0.05, 0.1) is 14.2 Å². The number of carbonyl (C=O) groups excluding carboxylic acids is 3. The highest BCUT2D eigenvalue weighted by molar-refractivity contribution is 6.36. The Kier molecular flexibility index (Phi) is 6.23. The van der Waals surface area contributed by atoms with Crippen LogP contribution in [0, 0.1) is 11.8 Å². The second-order valence-electron chi connectivity index (χ2n) is 8.01. The predicted molar refractivity (Wildman–Crippen MR) is 115 cm³/mol. The van der Waals surface area contributed by atoms with E-state index in [2.05, 4.69) is 5.32 Å². The molecular weight excluding hydrogens is 424 g/mol. The van der Waals surface area contributed by atoms with E-state index in [9.17, 15) is 14.4 Å². The molecule has 2 aliphatic rings. The van der Waals surface area contributed by atoms with Gasteiger partial charge in [0.1, 0.15) is 28.1 Å². The molecule has 8 nitrogen and oxygen atoms in total. The van der Waals surface area contributed by atoms with Crippen LogP contribution in [-0.2, 0) is 9.59 Å². The number of rotatable bonds is 7. The van der Waals surface area contributed by atoms with Crippen molar-refractivity contribution in [1.29, 1.82) is 0 Å². The molecule has 1 amide bonds. The molecule has 1 aliphatic carbocycles. The third-order valence-corrected chi connectivity index (χ3v) is 6.53. The fourth-order valence-corrected chi connectivity index (χ4v) is 4.42. The quantitative estimate of drug-likeness (QED) is 0.613. The van der Waals surface area contributed by atoms with E-state index in [1.54, 1.807) is 6.92 Å². The zero-order chi connectivity index (χ0) is 23.1. The van der Waals surface area contributed by atoms with Gasteiger partial charge in [-0.25, -0.2) is 0 Å². The molecule has 0 saturated carbocycles. The van der Waals surface area contributed by atoms with E-state index in [0.717, 1.165) is 6.42 Å². The first-order valence-electron chi connectivity index (χ1n) is 10.1. The number of amides is 1. The molecular formula is C22H27ClN2O6. The summed E-state index contributed by atoms with van der Waals surface area (Å²) in [5, 5.41) is 3.19. The van der Waals surface area contributed by atoms with Crippen LogP contribution in [0.5, 0.6) is 17.2 Å². The van der Waals surface area contributed by atoms with Crippen LogP contribution in [0.4, 0.5) is 0 Å². The maximum atomic E-state index is 13.5. The van der Waals surface area contributed by atoms with Crippen LogP contribution >= 0.6 is 11.6 Å². The summed E-state index contributed by atoms with van der Waals surface area (Å²) in [6, 6.07) is 0.868. The fraction of sp³-hybridized carbons (Fsp3) is 0.500. The number of primary amides is 1. The van der Waals surface area contributed by atoms with Gasteiger partial charge in [-0.05, 0) is 12.3 Å². The monoisotopic (exact) mass is 450 g/mol. The second kappa shape index (κ2) is 8.42. The third-order valence-electron chi connectivity index (χ3n) is 6.17. The van der Waals surface area contributed by atoms with Gasteiger partial charge in [-0.2, -0.15) is 0 Å². The van der Waals surface area contributed by atoms with Gasteiger partial charge in [0.25, 0.3) is 0 Å². The van der Waals surface area contributed by atoms with Crippen molar-refractivity contribution in [3.63, 3.8) is 0 Å². The van der Waals surface area contributed by atoms with E-state index >= 15 is 0 Å². The molecule has 31 heavy (non-hydrogen) atoms. The molecule has 1 heterocycles. The molecule has 0 saturated heterocycles. The normalized spacial score (nSPS) is 24.2. The van der Waals surface area contributed by atoms with Crippen molar-refractivity contribution in [3.8, 4) is 17.2 Å². The Balaban J connectivity index is 2.01. The molecule has 168 valence electrons. The van der Waals surface area contributed by atoms with Crippen molar-refractivity contribution >= 4 is 29.1 Å². The van der Waals surface area contributed by atoms with Crippen LogP contribution in [0.15, 0.2) is 17.8 Å². The summed E-state index contributed by atoms with van der Waals surface area (Å²) in [5.74, 6) is -1.54. The number of carbonyl (C=O) groups is 3.